The van der Waals surface area contributed by atoms with E-state index in [4.69, 9.17) is 5.26 Å². The van der Waals surface area contributed by atoms with E-state index in [9.17, 15) is 4.39 Å². The molecule has 0 spiro atoms. The molecule has 0 aliphatic rings. The summed E-state index contributed by atoms with van der Waals surface area (Å²) >= 11 is 0. The zero-order valence-electron chi connectivity index (χ0n) is 14.3. The van der Waals surface area contributed by atoms with Crippen LogP contribution in [0, 0.1) is 31.0 Å². The molecule has 1 aromatic carbocycles. The van der Waals surface area contributed by atoms with Crippen molar-refractivity contribution in [1.82, 2.24) is 14.8 Å². The number of hydrogen-bond acceptors (Lipinski definition) is 4. The minimum Gasteiger partial charge on any atom is -0.363 e. The average Bonchev–Trinajstić information content (AvgIpc) is 2.99. The van der Waals surface area contributed by atoms with Crippen molar-refractivity contribution in [3.05, 3.63) is 70.9 Å². The smallest absolute Gasteiger partial charge is 0.145 e. The third kappa shape index (κ3) is 3.36. The molecule has 126 valence electrons. The van der Waals surface area contributed by atoms with Crippen LogP contribution in [-0.4, -0.2) is 14.8 Å². The number of nitrogens with one attached hydrogen (secondary N) is 1. The van der Waals surface area contributed by atoms with E-state index in [0.29, 0.717) is 11.5 Å². The molecule has 5 nitrogen and oxygen atoms in total. The molecule has 3 rings (SSSR count). The maximum atomic E-state index is 13.1. The van der Waals surface area contributed by atoms with E-state index < -0.39 is 0 Å². The van der Waals surface area contributed by atoms with E-state index >= 15 is 0 Å². The molecule has 25 heavy (non-hydrogen) atoms. The van der Waals surface area contributed by atoms with Crippen molar-refractivity contribution >= 4 is 5.82 Å². The van der Waals surface area contributed by atoms with Gasteiger partial charge in [0.25, 0.3) is 0 Å². The zero-order chi connectivity index (χ0) is 18.0. The van der Waals surface area contributed by atoms with Gasteiger partial charge in [-0.1, -0.05) is 6.07 Å². The van der Waals surface area contributed by atoms with Crippen LogP contribution in [0.4, 0.5) is 10.2 Å². The van der Waals surface area contributed by atoms with Crippen LogP contribution in [0.15, 0.2) is 42.6 Å². The Morgan fingerprint density at radius 1 is 1.16 bits per heavy atom. The lowest BCUT2D eigenvalue weighted by Gasteiger charge is -2.15. The zero-order valence-corrected chi connectivity index (χ0v) is 14.3. The first-order chi connectivity index (χ1) is 12.0. The number of aryl methyl sites for hydroxylation is 1. The summed E-state index contributed by atoms with van der Waals surface area (Å²) in [6, 6.07) is 12.0. The van der Waals surface area contributed by atoms with Crippen molar-refractivity contribution in [1.29, 1.82) is 5.26 Å². The lowest BCUT2D eigenvalue weighted by atomic mass is 10.1. The number of nitrogens with zero attached hydrogens (tertiary/aromatic N) is 4. The Hall–Kier alpha value is -3.20. The number of nitriles is 1. The summed E-state index contributed by atoms with van der Waals surface area (Å²) < 4.78 is 14.9. The van der Waals surface area contributed by atoms with Crippen LogP contribution < -0.4 is 5.32 Å². The van der Waals surface area contributed by atoms with Gasteiger partial charge in [-0.05, 0) is 56.7 Å². The number of aromatic nitrogens is 3. The lowest BCUT2D eigenvalue weighted by Crippen LogP contribution is -2.10. The fourth-order valence-corrected chi connectivity index (χ4v) is 2.71. The van der Waals surface area contributed by atoms with Crippen molar-refractivity contribution < 1.29 is 4.39 Å². The van der Waals surface area contributed by atoms with Crippen LogP contribution in [-0.2, 0) is 0 Å². The molecule has 0 aliphatic heterocycles. The monoisotopic (exact) mass is 335 g/mol. The fourth-order valence-electron chi connectivity index (χ4n) is 2.71. The number of anilines is 1. The summed E-state index contributed by atoms with van der Waals surface area (Å²) in [6.45, 7) is 5.83. The summed E-state index contributed by atoms with van der Waals surface area (Å²) in [5, 5.41) is 16.8. The summed E-state index contributed by atoms with van der Waals surface area (Å²) in [6.07, 6.45) is 1.79. The Kier molecular flexibility index (Phi) is 4.48. The predicted octanol–water partition coefficient (Wildman–Crippen LogP) is 4.07. The van der Waals surface area contributed by atoms with E-state index in [1.807, 2.05) is 32.9 Å². The van der Waals surface area contributed by atoms with Gasteiger partial charge in [0.1, 0.15) is 23.4 Å². The predicted molar refractivity (Wildman–Crippen MR) is 94.0 cm³/mol. The van der Waals surface area contributed by atoms with Gasteiger partial charge < -0.3 is 5.32 Å². The first-order valence-electron chi connectivity index (χ1n) is 7.94. The van der Waals surface area contributed by atoms with E-state index in [-0.39, 0.29) is 11.9 Å². The van der Waals surface area contributed by atoms with Gasteiger partial charge in [0.2, 0.25) is 0 Å². The third-order valence-electron chi connectivity index (χ3n) is 4.15. The molecular weight excluding hydrogens is 317 g/mol. The molecular formula is C19H18FN5. The van der Waals surface area contributed by atoms with E-state index in [2.05, 4.69) is 21.5 Å². The van der Waals surface area contributed by atoms with Crippen LogP contribution in [0.1, 0.15) is 35.5 Å². The number of benzene rings is 1. The Morgan fingerprint density at radius 2 is 1.88 bits per heavy atom. The van der Waals surface area contributed by atoms with E-state index in [0.717, 1.165) is 22.5 Å². The number of halogens is 1. The molecule has 2 aromatic heterocycles. The molecule has 1 atom stereocenters. The Morgan fingerprint density at radius 3 is 2.56 bits per heavy atom. The Labute approximate surface area is 145 Å². The quantitative estimate of drug-likeness (QED) is 0.780. The SMILES string of the molecule is Cc1ccc(NC(C)c2cnn(-c3ccc(F)cc3)c2C)nc1C#N. The van der Waals surface area contributed by atoms with E-state index in [1.54, 1.807) is 23.0 Å². The van der Waals surface area contributed by atoms with Crippen molar-refractivity contribution in [2.24, 2.45) is 0 Å². The van der Waals surface area contributed by atoms with Crippen molar-refractivity contribution in [3.8, 4) is 11.8 Å². The molecule has 0 fully saturated rings. The van der Waals surface area contributed by atoms with Gasteiger partial charge in [-0.2, -0.15) is 10.4 Å². The Bertz CT molecular complexity index is 937. The van der Waals surface area contributed by atoms with Gasteiger partial charge in [0.15, 0.2) is 0 Å². The molecule has 0 amide bonds. The normalized spacial score (nSPS) is 11.8. The number of rotatable bonds is 4. The van der Waals surface area contributed by atoms with Gasteiger partial charge >= 0.3 is 0 Å². The van der Waals surface area contributed by atoms with Gasteiger partial charge in [0.05, 0.1) is 17.9 Å². The molecule has 1 N–H and O–H groups in total. The Balaban J connectivity index is 1.85. The largest absolute Gasteiger partial charge is 0.363 e. The summed E-state index contributed by atoms with van der Waals surface area (Å²) in [7, 11) is 0. The minimum atomic E-state index is -0.275. The van der Waals surface area contributed by atoms with Crippen molar-refractivity contribution in [2.45, 2.75) is 26.8 Å². The second-order valence-corrected chi connectivity index (χ2v) is 5.91. The average molecular weight is 335 g/mol. The number of pyridine rings is 1. The van der Waals surface area contributed by atoms with Crippen LogP contribution in [0.2, 0.25) is 0 Å². The lowest BCUT2D eigenvalue weighted by molar-refractivity contribution is 0.627. The molecule has 1 unspecified atom stereocenters. The molecule has 3 aromatic rings. The summed E-state index contributed by atoms with van der Waals surface area (Å²) in [5.41, 5.74) is 4.03. The number of hydrogen-bond donors (Lipinski definition) is 1. The molecule has 0 bridgehead atoms. The van der Waals surface area contributed by atoms with Crippen LogP contribution in [0.5, 0.6) is 0 Å². The van der Waals surface area contributed by atoms with Crippen LogP contribution in [0.3, 0.4) is 0 Å². The summed E-state index contributed by atoms with van der Waals surface area (Å²) in [4.78, 5) is 4.32. The van der Waals surface area contributed by atoms with Crippen LogP contribution in [0.25, 0.3) is 5.69 Å². The van der Waals surface area contributed by atoms with Crippen molar-refractivity contribution in [2.75, 3.05) is 5.32 Å². The van der Waals surface area contributed by atoms with Gasteiger partial charge in [0, 0.05) is 11.3 Å². The molecule has 0 saturated carbocycles. The second-order valence-electron chi connectivity index (χ2n) is 5.91. The summed E-state index contributed by atoms with van der Waals surface area (Å²) in [5.74, 6) is 0.367. The molecule has 2 heterocycles. The minimum absolute atomic E-state index is 0.0454. The highest BCUT2D eigenvalue weighted by Gasteiger charge is 2.15. The standard InChI is InChI=1S/C19H18FN5/c1-12-4-9-19(24-18(12)10-21)23-13(2)17-11-22-25(14(17)3)16-7-5-15(20)6-8-16/h4-9,11,13H,1-3H3,(H,23,24). The molecule has 6 heteroatoms. The maximum absolute atomic E-state index is 13.1. The van der Waals surface area contributed by atoms with Crippen molar-refractivity contribution in [3.63, 3.8) is 0 Å². The highest BCUT2D eigenvalue weighted by Crippen LogP contribution is 2.23. The first-order valence-corrected chi connectivity index (χ1v) is 7.94. The van der Waals surface area contributed by atoms with E-state index in [1.165, 1.54) is 12.1 Å². The highest BCUT2D eigenvalue weighted by molar-refractivity contribution is 5.45. The third-order valence-corrected chi connectivity index (χ3v) is 4.15. The maximum Gasteiger partial charge on any atom is 0.145 e. The first kappa shape index (κ1) is 16.7. The topological polar surface area (TPSA) is 66.5 Å². The molecule has 0 radical (unpaired) electrons. The van der Waals surface area contributed by atoms with Gasteiger partial charge in [-0.15, -0.1) is 0 Å². The van der Waals surface area contributed by atoms with Crippen LogP contribution >= 0.6 is 0 Å². The highest BCUT2D eigenvalue weighted by atomic mass is 19.1. The fraction of sp³-hybridized carbons (Fsp3) is 0.211. The molecule has 0 aliphatic carbocycles. The van der Waals surface area contributed by atoms with Gasteiger partial charge in [-0.3, -0.25) is 0 Å². The van der Waals surface area contributed by atoms with Gasteiger partial charge in [-0.25, -0.2) is 14.1 Å². The molecule has 0 saturated heterocycles. The second kappa shape index (κ2) is 6.73.